The maximum Gasteiger partial charge on any atom is 0.265 e. The van der Waals surface area contributed by atoms with Crippen molar-refractivity contribution in [3.8, 4) is 11.5 Å². The standard InChI is InChI=1S/C21H23FN2O5S/c1-13-3-4-18(27-2)20(9-13)30(25,26)24-15-10-14-6-8-28-21(14)19(11-15)29-17-5-7-23-12-16(17)22/h3-4,6,8-11,16-17,23-24H,5,7,12H2,1-2H3/t16-,17-/m0/s1. The number of anilines is 1. The monoisotopic (exact) mass is 434 g/mol. The van der Waals surface area contributed by atoms with Crippen molar-refractivity contribution < 1.29 is 26.7 Å². The van der Waals surface area contributed by atoms with Crippen molar-refractivity contribution in [3.05, 3.63) is 48.2 Å². The first-order valence-corrected chi connectivity index (χ1v) is 11.1. The molecule has 7 nitrogen and oxygen atoms in total. The zero-order valence-corrected chi connectivity index (χ0v) is 17.5. The fraction of sp³-hybridized carbons (Fsp3) is 0.333. The van der Waals surface area contributed by atoms with Crippen LogP contribution in [0.15, 0.2) is 52.0 Å². The Balaban J connectivity index is 1.69. The van der Waals surface area contributed by atoms with Gasteiger partial charge in [-0.25, -0.2) is 12.8 Å². The van der Waals surface area contributed by atoms with Crippen LogP contribution in [-0.2, 0) is 10.0 Å². The third-order valence-electron chi connectivity index (χ3n) is 5.00. The van der Waals surface area contributed by atoms with Crippen molar-refractivity contribution in [2.45, 2.75) is 30.5 Å². The number of alkyl halides is 1. The Morgan fingerprint density at radius 2 is 2.03 bits per heavy atom. The van der Waals surface area contributed by atoms with Crippen molar-refractivity contribution in [3.63, 3.8) is 0 Å². The third kappa shape index (κ3) is 4.08. The number of fused-ring (bicyclic) bond motifs is 1. The van der Waals surface area contributed by atoms with Crippen molar-refractivity contribution in [1.29, 1.82) is 0 Å². The Morgan fingerprint density at radius 3 is 2.80 bits per heavy atom. The number of aryl methyl sites for hydroxylation is 1. The van der Waals surface area contributed by atoms with Crippen molar-refractivity contribution in [2.24, 2.45) is 0 Å². The van der Waals surface area contributed by atoms with Crippen molar-refractivity contribution in [2.75, 3.05) is 24.9 Å². The normalized spacial score (nSPS) is 19.6. The molecule has 0 bridgehead atoms. The average Bonchev–Trinajstić information content (AvgIpc) is 3.18. The molecule has 9 heteroatoms. The summed E-state index contributed by atoms with van der Waals surface area (Å²) in [5.74, 6) is 0.532. The Labute approximate surface area is 174 Å². The molecule has 4 rings (SSSR count). The smallest absolute Gasteiger partial charge is 0.265 e. The summed E-state index contributed by atoms with van der Waals surface area (Å²) < 4.78 is 59.5. The molecule has 160 valence electrons. The molecule has 1 saturated heterocycles. The number of methoxy groups -OCH3 is 1. The zero-order valence-electron chi connectivity index (χ0n) is 16.6. The van der Waals surface area contributed by atoms with Crippen LogP contribution in [0.4, 0.5) is 10.1 Å². The van der Waals surface area contributed by atoms with Gasteiger partial charge in [0.05, 0.1) is 19.1 Å². The lowest BCUT2D eigenvalue weighted by molar-refractivity contribution is 0.0736. The number of rotatable bonds is 6. The molecule has 1 aliphatic rings. The number of sulfonamides is 1. The summed E-state index contributed by atoms with van der Waals surface area (Å²) in [4.78, 5) is 0.0296. The number of nitrogens with one attached hydrogen (secondary N) is 2. The van der Waals surface area contributed by atoms with E-state index in [9.17, 15) is 12.8 Å². The molecule has 1 aromatic heterocycles. The summed E-state index contributed by atoms with van der Waals surface area (Å²) >= 11 is 0. The molecule has 0 unspecified atom stereocenters. The van der Waals surface area contributed by atoms with Gasteiger partial charge >= 0.3 is 0 Å². The largest absolute Gasteiger partial charge is 0.495 e. The van der Waals surface area contributed by atoms with E-state index >= 15 is 0 Å². The van der Waals surface area contributed by atoms with Gasteiger partial charge in [0.1, 0.15) is 22.9 Å². The second-order valence-corrected chi connectivity index (χ2v) is 8.89. The molecule has 0 aliphatic carbocycles. The minimum Gasteiger partial charge on any atom is -0.495 e. The number of benzene rings is 2. The fourth-order valence-corrected chi connectivity index (χ4v) is 4.79. The topological polar surface area (TPSA) is 89.8 Å². The molecular formula is C21H23FN2O5S. The fourth-order valence-electron chi connectivity index (χ4n) is 3.49. The number of ether oxygens (including phenoxy) is 2. The molecule has 0 radical (unpaired) electrons. The highest BCUT2D eigenvalue weighted by Gasteiger charge is 2.28. The molecule has 1 fully saturated rings. The van der Waals surface area contributed by atoms with E-state index in [0.717, 1.165) is 5.56 Å². The van der Waals surface area contributed by atoms with Crippen LogP contribution < -0.4 is 19.5 Å². The molecule has 2 N–H and O–H groups in total. The molecule has 2 aromatic carbocycles. The molecule has 0 spiro atoms. The first-order chi connectivity index (χ1) is 14.4. The predicted octanol–water partition coefficient (Wildman–Crippen LogP) is 3.63. The Kier molecular flexibility index (Phi) is 5.57. The summed E-state index contributed by atoms with van der Waals surface area (Å²) in [5, 5.41) is 3.62. The predicted molar refractivity (Wildman–Crippen MR) is 112 cm³/mol. The molecule has 2 atom stereocenters. The lowest BCUT2D eigenvalue weighted by Gasteiger charge is -2.27. The van der Waals surface area contributed by atoms with E-state index in [4.69, 9.17) is 13.9 Å². The maximum absolute atomic E-state index is 14.2. The number of piperidine rings is 1. The minimum absolute atomic E-state index is 0.0296. The highest BCUT2D eigenvalue weighted by molar-refractivity contribution is 7.92. The molecule has 2 heterocycles. The van der Waals surface area contributed by atoms with Gasteiger partial charge in [-0.3, -0.25) is 4.72 Å². The quantitative estimate of drug-likeness (QED) is 0.616. The maximum atomic E-state index is 14.2. The summed E-state index contributed by atoms with van der Waals surface area (Å²) in [6.45, 7) is 2.66. The Morgan fingerprint density at radius 1 is 1.20 bits per heavy atom. The summed E-state index contributed by atoms with van der Waals surface area (Å²) in [7, 11) is -2.52. The van der Waals surface area contributed by atoms with Gasteiger partial charge in [-0.2, -0.15) is 0 Å². The second-order valence-electron chi connectivity index (χ2n) is 7.24. The molecule has 3 aromatic rings. The molecule has 0 amide bonds. The highest BCUT2D eigenvalue weighted by Crippen LogP contribution is 2.34. The van der Waals surface area contributed by atoms with Crippen LogP contribution in [-0.4, -0.2) is 40.9 Å². The Bertz CT molecular complexity index is 1160. The van der Waals surface area contributed by atoms with Crippen LogP contribution in [0.2, 0.25) is 0 Å². The summed E-state index contributed by atoms with van der Waals surface area (Å²) in [6.07, 6.45) is 0.179. The average molecular weight is 434 g/mol. The van der Waals surface area contributed by atoms with Gasteiger partial charge in [0.15, 0.2) is 11.3 Å². The lowest BCUT2D eigenvalue weighted by atomic mass is 10.1. The molecular weight excluding hydrogens is 411 g/mol. The number of hydrogen-bond donors (Lipinski definition) is 2. The van der Waals surface area contributed by atoms with E-state index in [1.807, 2.05) is 0 Å². The van der Waals surface area contributed by atoms with Crippen molar-refractivity contribution in [1.82, 2.24) is 5.32 Å². The van der Waals surface area contributed by atoms with Gasteiger partial charge in [-0.05, 0) is 49.7 Å². The van der Waals surface area contributed by atoms with Crippen LogP contribution >= 0.6 is 0 Å². The van der Waals surface area contributed by atoms with E-state index in [1.54, 1.807) is 31.2 Å². The molecule has 30 heavy (non-hydrogen) atoms. The van der Waals surface area contributed by atoms with Gasteiger partial charge in [0, 0.05) is 18.0 Å². The Hall–Kier alpha value is -2.78. The first kappa shape index (κ1) is 20.5. The van der Waals surface area contributed by atoms with Crippen LogP contribution in [0.3, 0.4) is 0 Å². The lowest BCUT2D eigenvalue weighted by Crippen LogP contribution is -2.44. The van der Waals surface area contributed by atoms with E-state index in [1.165, 1.54) is 25.5 Å². The van der Waals surface area contributed by atoms with Crippen molar-refractivity contribution >= 4 is 26.7 Å². The second kappa shape index (κ2) is 8.16. The van der Waals surface area contributed by atoms with Crippen LogP contribution in [0.1, 0.15) is 12.0 Å². The minimum atomic E-state index is -3.94. The summed E-state index contributed by atoms with van der Waals surface area (Å²) in [5.41, 5.74) is 1.51. The van der Waals surface area contributed by atoms with E-state index in [0.29, 0.717) is 29.7 Å². The van der Waals surface area contributed by atoms with Gasteiger partial charge in [-0.1, -0.05) is 6.07 Å². The zero-order chi connectivity index (χ0) is 21.3. The van der Waals surface area contributed by atoms with E-state index in [2.05, 4.69) is 10.0 Å². The number of halogens is 1. The van der Waals surface area contributed by atoms with Crippen LogP contribution in [0, 0.1) is 6.92 Å². The molecule has 1 aliphatic heterocycles. The highest BCUT2D eigenvalue weighted by atomic mass is 32.2. The van der Waals surface area contributed by atoms with Crippen LogP contribution in [0.25, 0.3) is 11.0 Å². The number of hydrogen-bond acceptors (Lipinski definition) is 6. The van der Waals surface area contributed by atoms with E-state index in [-0.39, 0.29) is 22.9 Å². The van der Waals surface area contributed by atoms with E-state index < -0.39 is 22.3 Å². The van der Waals surface area contributed by atoms with Gasteiger partial charge in [-0.15, -0.1) is 0 Å². The SMILES string of the molecule is COc1ccc(C)cc1S(=O)(=O)Nc1cc(O[C@H]2CCNC[C@@H]2F)c2occc2c1. The van der Waals surface area contributed by atoms with Crippen LogP contribution in [0.5, 0.6) is 11.5 Å². The van der Waals surface area contributed by atoms with Gasteiger partial charge in [0.25, 0.3) is 10.0 Å². The number of furan rings is 1. The first-order valence-electron chi connectivity index (χ1n) is 9.57. The van der Waals surface area contributed by atoms with Gasteiger partial charge < -0.3 is 19.2 Å². The summed E-state index contributed by atoms with van der Waals surface area (Å²) in [6, 6.07) is 9.77. The van der Waals surface area contributed by atoms with Gasteiger partial charge in [0.2, 0.25) is 0 Å². The third-order valence-corrected chi connectivity index (χ3v) is 6.41. The molecule has 0 saturated carbocycles.